The number of aromatic nitrogens is 1. The molecule has 2 spiro atoms. The zero-order chi connectivity index (χ0) is 72.9. The molecule has 1 heterocycles. The van der Waals surface area contributed by atoms with Gasteiger partial charge in [0.15, 0.2) is 0 Å². The van der Waals surface area contributed by atoms with Crippen molar-refractivity contribution in [1.29, 1.82) is 5.41 Å². The molecule has 4 nitrogen and oxygen atoms in total. The van der Waals surface area contributed by atoms with Crippen LogP contribution in [0.3, 0.4) is 0 Å². The van der Waals surface area contributed by atoms with Crippen LogP contribution in [-0.2, 0) is 10.8 Å². The summed E-state index contributed by atoms with van der Waals surface area (Å²) in [7, 11) is 0. The first-order valence-electron chi connectivity index (χ1n) is 37.5. The van der Waals surface area contributed by atoms with E-state index >= 15 is 0 Å². The molecule has 22 rings (SSSR count). The van der Waals surface area contributed by atoms with Crippen molar-refractivity contribution >= 4 is 63.0 Å². The van der Waals surface area contributed by atoms with Gasteiger partial charge in [-0.25, -0.2) is 8.79 Å². The number of nitrogens with one attached hydrogen (secondary N) is 1. The van der Waals surface area contributed by atoms with Gasteiger partial charge in [0.05, 0.1) is 33.3 Å². The fraction of sp³-hybridized carbons (Fsp3) is 0.0192. The van der Waals surface area contributed by atoms with Crippen molar-refractivity contribution < 1.29 is 4.39 Å². The van der Waals surface area contributed by atoms with Crippen molar-refractivity contribution in [2.24, 2.45) is 4.40 Å². The molecular formula is C104H65FN4S. The first-order chi connectivity index (χ1) is 54.3. The fourth-order valence-corrected chi connectivity index (χ4v) is 19.5. The minimum absolute atomic E-state index is 0.258. The number of anilines is 2. The number of hydrogen-bond acceptors (Lipinski definition) is 4. The second kappa shape index (κ2) is 24.6. The number of para-hydroxylation sites is 1. The lowest BCUT2D eigenvalue weighted by Crippen LogP contribution is -2.30. The number of halogens is 1. The average Bonchev–Trinajstić information content (AvgIpc) is 1.51. The Bertz CT molecular complexity index is 6420. The zero-order valence-corrected chi connectivity index (χ0v) is 60.4. The molecule has 0 fully saturated rings. The third-order valence-electron chi connectivity index (χ3n) is 24.1. The van der Waals surface area contributed by atoms with E-state index < -0.39 is 10.8 Å². The van der Waals surface area contributed by atoms with Gasteiger partial charge < -0.3 is 9.47 Å². The summed E-state index contributed by atoms with van der Waals surface area (Å²) in [6, 6.07) is 134. The smallest absolute Gasteiger partial charge is 0.123 e. The number of nitrogens with zero attached hydrogens (tertiary/aromatic N) is 3. The molecule has 0 atom stereocenters. The van der Waals surface area contributed by atoms with Gasteiger partial charge in [0.1, 0.15) is 11.5 Å². The molecule has 514 valence electrons. The van der Waals surface area contributed by atoms with Gasteiger partial charge in [0.25, 0.3) is 0 Å². The minimum Gasteiger partial charge on any atom is -0.309 e. The number of fused-ring (bicyclic) bond motifs is 23. The predicted molar refractivity (Wildman–Crippen MR) is 456 cm³/mol. The predicted octanol–water partition coefficient (Wildman–Crippen LogP) is 26.4. The Balaban J connectivity index is 0.632. The van der Waals surface area contributed by atoms with Gasteiger partial charge in [-0.1, -0.05) is 285 Å². The summed E-state index contributed by atoms with van der Waals surface area (Å²) < 4.78 is 20.9. The lowest BCUT2D eigenvalue weighted by Gasteiger charge is -2.30. The van der Waals surface area contributed by atoms with Gasteiger partial charge in [0.2, 0.25) is 0 Å². The standard InChI is InChI=1S/C104H65FN4S/c105-75-48-38-64(39-49-75)65-40-50-77(51-41-65)108(76-16-2-1-3-17-76)100-59-56-79(101(106)102(100)107-110)70-42-52-78(53-43-70)109-98-57-46-71(66-30-34-68(35-31-66)73-44-54-86-84-22-8-14-28-94(84)103(96(86)62-73)90-24-10-4-18-80(90)81-19-5-11-25-91(81)103)60-88(98)89-61-72(47-58-99(89)109)67-32-36-69(37-33-67)74-45-55-87-85-23-9-15-29-95(85)104(97(87)63-74)92-26-12-6-20-82(92)83-21-7-13-27-93(83)104/h1-63,106,110H/b106-101?,107-102-. The Kier molecular flexibility index (Phi) is 14.2. The molecule has 0 saturated carbocycles. The SMILES string of the molecule is N=C1C(c2ccc(-n3c4ccc(-c5ccc(-c6ccc7c(c6)C6(c8ccccc8-c8ccccc86)c6ccccc6-7)cc5)cc4c4cc(-c5ccc(-c6ccc7c(c6)C6(c8ccccc8-c8ccccc86)c6ccccc6-7)cc5)ccc43)cc2)=CC=C(N(c2ccccc2)c2ccc(-c3ccc(F)cc3)cc2)/C1=N/S. The highest BCUT2D eigenvalue weighted by Crippen LogP contribution is 2.65. The van der Waals surface area contributed by atoms with Crippen molar-refractivity contribution in [3.8, 4) is 106 Å². The molecule has 5 aliphatic rings. The summed E-state index contributed by atoms with van der Waals surface area (Å²) in [4.78, 5) is 2.10. The Morgan fingerprint density at radius 3 is 1.00 bits per heavy atom. The number of allylic oxidation sites excluding steroid dienone is 4. The second-order valence-corrected chi connectivity index (χ2v) is 29.7. The van der Waals surface area contributed by atoms with Crippen LogP contribution in [-0.4, -0.2) is 16.0 Å². The fourth-order valence-electron chi connectivity index (χ4n) is 19.3. The second-order valence-electron chi connectivity index (χ2n) is 29.5. The Morgan fingerprint density at radius 2 is 0.600 bits per heavy atom. The summed E-state index contributed by atoms with van der Waals surface area (Å²) in [6.45, 7) is 0. The normalized spacial score (nSPS) is 14.4. The lowest BCUT2D eigenvalue weighted by atomic mass is 9.70. The van der Waals surface area contributed by atoms with Gasteiger partial charge in [-0.2, -0.15) is 0 Å². The first kappa shape index (κ1) is 63.5. The van der Waals surface area contributed by atoms with Crippen LogP contribution in [0.5, 0.6) is 0 Å². The van der Waals surface area contributed by atoms with Crippen LogP contribution < -0.4 is 4.90 Å². The number of rotatable bonds is 10. The summed E-state index contributed by atoms with van der Waals surface area (Å²) in [5.41, 5.74) is 39.3. The Hall–Kier alpha value is -13.8. The van der Waals surface area contributed by atoms with Crippen LogP contribution in [0.4, 0.5) is 15.8 Å². The molecule has 0 radical (unpaired) electrons. The Morgan fingerprint density at radius 1 is 0.291 bits per heavy atom. The van der Waals surface area contributed by atoms with E-state index in [0.717, 1.165) is 83.4 Å². The molecule has 110 heavy (non-hydrogen) atoms. The molecule has 0 amide bonds. The maximum Gasteiger partial charge on any atom is 0.123 e. The van der Waals surface area contributed by atoms with Crippen molar-refractivity contribution in [2.45, 2.75) is 10.8 Å². The lowest BCUT2D eigenvalue weighted by molar-refractivity contribution is 0.628. The highest BCUT2D eigenvalue weighted by Gasteiger charge is 2.53. The van der Waals surface area contributed by atoms with Gasteiger partial charge in [-0.15, -0.1) is 0 Å². The molecule has 17 aromatic rings. The minimum atomic E-state index is -0.421. The summed E-state index contributed by atoms with van der Waals surface area (Å²) in [5.74, 6) is -0.274. The van der Waals surface area contributed by atoms with E-state index in [0.29, 0.717) is 11.4 Å². The summed E-state index contributed by atoms with van der Waals surface area (Å²) in [6.07, 6.45) is 4.05. The Labute approximate surface area is 642 Å². The monoisotopic (exact) mass is 1420 g/mol. The molecule has 0 bridgehead atoms. The molecule has 0 saturated heterocycles. The van der Waals surface area contributed by atoms with E-state index in [1.54, 1.807) is 12.1 Å². The molecular weight excluding hydrogens is 1360 g/mol. The molecule has 0 unspecified atom stereocenters. The maximum absolute atomic E-state index is 13.9. The van der Waals surface area contributed by atoms with E-state index in [1.807, 2.05) is 66.7 Å². The average molecular weight is 1420 g/mol. The van der Waals surface area contributed by atoms with Crippen LogP contribution >= 0.6 is 12.8 Å². The highest BCUT2D eigenvalue weighted by molar-refractivity contribution is 7.79. The van der Waals surface area contributed by atoms with E-state index in [-0.39, 0.29) is 11.5 Å². The van der Waals surface area contributed by atoms with E-state index in [9.17, 15) is 9.80 Å². The largest absolute Gasteiger partial charge is 0.309 e. The first-order valence-corrected chi connectivity index (χ1v) is 37.9. The molecule has 1 aromatic heterocycles. The van der Waals surface area contributed by atoms with Gasteiger partial charge >= 0.3 is 0 Å². The van der Waals surface area contributed by atoms with E-state index in [1.165, 1.54) is 123 Å². The van der Waals surface area contributed by atoms with Crippen LogP contribution in [0, 0.1) is 11.2 Å². The molecule has 16 aromatic carbocycles. The van der Waals surface area contributed by atoms with E-state index in [4.69, 9.17) is 0 Å². The van der Waals surface area contributed by atoms with Gasteiger partial charge in [-0.3, -0.25) is 5.41 Å². The van der Waals surface area contributed by atoms with Crippen LogP contribution in [0.25, 0.3) is 133 Å². The highest BCUT2D eigenvalue weighted by atomic mass is 32.1. The van der Waals surface area contributed by atoms with Crippen LogP contribution in [0.15, 0.2) is 392 Å². The van der Waals surface area contributed by atoms with Gasteiger partial charge in [-0.05, 0) is 260 Å². The molecule has 1 N–H and O–H groups in total. The maximum atomic E-state index is 13.9. The van der Waals surface area contributed by atoms with Crippen molar-refractivity contribution in [3.63, 3.8) is 0 Å². The molecule has 0 aliphatic heterocycles. The molecule has 5 aliphatic carbocycles. The van der Waals surface area contributed by atoms with Crippen molar-refractivity contribution in [1.82, 2.24) is 4.57 Å². The number of benzene rings is 16. The topological polar surface area (TPSA) is 44.4 Å². The van der Waals surface area contributed by atoms with Crippen molar-refractivity contribution in [3.05, 3.63) is 444 Å². The van der Waals surface area contributed by atoms with Crippen molar-refractivity contribution in [2.75, 3.05) is 4.90 Å². The van der Waals surface area contributed by atoms with E-state index in [2.05, 4.69) is 318 Å². The van der Waals surface area contributed by atoms with Crippen LogP contribution in [0.1, 0.15) is 50.1 Å². The summed E-state index contributed by atoms with van der Waals surface area (Å²) >= 11 is 4.56. The zero-order valence-electron chi connectivity index (χ0n) is 59.5. The van der Waals surface area contributed by atoms with Crippen LogP contribution in [0.2, 0.25) is 0 Å². The summed E-state index contributed by atoms with van der Waals surface area (Å²) in [5, 5.41) is 12.1. The molecule has 6 heteroatoms. The number of hydrogen-bond donors (Lipinski definition) is 2. The quantitative estimate of drug-likeness (QED) is 0.104. The number of thiol groups is 1. The third-order valence-corrected chi connectivity index (χ3v) is 24.3. The van der Waals surface area contributed by atoms with Gasteiger partial charge in [0, 0.05) is 33.4 Å². The third kappa shape index (κ3) is 9.27.